The summed E-state index contributed by atoms with van der Waals surface area (Å²) in [6, 6.07) is 19.4. The van der Waals surface area contributed by atoms with Gasteiger partial charge >= 0.3 is 59.1 Å². The van der Waals surface area contributed by atoms with E-state index in [1.807, 2.05) is 30.3 Å². The molecule has 3 aromatic carbocycles. The number of benzene rings is 3. The van der Waals surface area contributed by atoms with Crippen LogP contribution in [0.3, 0.4) is 0 Å². The van der Waals surface area contributed by atoms with Crippen molar-refractivity contribution < 1.29 is 113 Å². The number of carbonyl (C=O) groups excluding carboxylic acids is 5. The van der Waals surface area contributed by atoms with Crippen molar-refractivity contribution in [3.05, 3.63) is 95.0 Å². The Morgan fingerprint density at radius 2 is 1.44 bits per heavy atom. The van der Waals surface area contributed by atoms with E-state index in [0.29, 0.717) is 11.4 Å². The number of aliphatic hydroxyl groups excluding tert-OH is 2. The minimum absolute atomic E-state index is 0. The number of carbonyl (C=O) groups is 5. The average molecular weight is 784 g/mol. The molecule has 6 atom stereocenters. The summed E-state index contributed by atoms with van der Waals surface area (Å²) in [5.74, 6) is -7.60. The SMILES string of the molecule is CC(=O)N[C@H]1[C@H]([C@H](O)[C@H](O)CNC(=O)c2ccc(-c3ccccc3)cc2)O[C@@](OCCCCCC(=O)[O-])(C(=O)[O-])C[C@@H]1NC(=O)c1ccc(Cl)cc1.[Na+].[Na+]. The Kier molecular flexibility index (Phi) is 19.8. The standard InChI is InChI=1S/C37H42ClN3O11.2Na/c1-22(42)40-31-28(41-35(48)26-15-17-27(38)18-16-26)20-37(36(49)50,51-19-7-3-6-10-30(44)45)52-33(31)32(46)29(43)21-39-34(47)25-13-11-24(12-14-25)23-8-4-2-5-9-23;;/h2,4-5,8-9,11-18,28-29,31-33,43,46H,3,6-7,10,19-21H2,1H3,(H,39,47)(H,40,42)(H,41,48)(H,44,45)(H,49,50);;/q;2*+1/p-2/t28-,29+,31+,32+,33+,37+;;/m0../s1. The van der Waals surface area contributed by atoms with Gasteiger partial charge in [0.05, 0.1) is 24.8 Å². The second kappa shape index (κ2) is 22.6. The second-order valence-corrected chi connectivity index (χ2v) is 12.8. The van der Waals surface area contributed by atoms with Crippen molar-refractivity contribution in [1.29, 1.82) is 0 Å². The van der Waals surface area contributed by atoms with Gasteiger partial charge < -0.3 is 55.4 Å². The van der Waals surface area contributed by atoms with E-state index in [1.165, 1.54) is 24.3 Å². The molecule has 0 bridgehead atoms. The maximum atomic E-state index is 13.3. The monoisotopic (exact) mass is 783 g/mol. The van der Waals surface area contributed by atoms with Crippen LogP contribution in [0.4, 0.5) is 0 Å². The third-order valence-electron chi connectivity index (χ3n) is 8.52. The summed E-state index contributed by atoms with van der Waals surface area (Å²) in [6.45, 7) is 0.381. The number of unbranched alkanes of at least 4 members (excludes halogenated alkanes) is 2. The molecule has 5 N–H and O–H groups in total. The van der Waals surface area contributed by atoms with E-state index < -0.39 is 78.8 Å². The second-order valence-electron chi connectivity index (χ2n) is 12.4. The average Bonchev–Trinajstić information content (AvgIpc) is 3.12. The van der Waals surface area contributed by atoms with Crippen LogP contribution >= 0.6 is 11.6 Å². The number of carboxylic acids is 2. The van der Waals surface area contributed by atoms with Crippen LogP contribution < -0.4 is 85.3 Å². The first-order valence-corrected chi connectivity index (χ1v) is 17.0. The predicted molar refractivity (Wildman–Crippen MR) is 183 cm³/mol. The number of rotatable bonds is 17. The van der Waals surface area contributed by atoms with Gasteiger partial charge in [0.2, 0.25) is 11.7 Å². The van der Waals surface area contributed by atoms with Crippen molar-refractivity contribution in [2.45, 2.75) is 75.2 Å². The first-order valence-electron chi connectivity index (χ1n) is 16.7. The van der Waals surface area contributed by atoms with Gasteiger partial charge in [0.1, 0.15) is 18.2 Å². The number of nitrogens with one attached hydrogen (secondary N) is 3. The van der Waals surface area contributed by atoms with Gasteiger partial charge in [0.15, 0.2) is 0 Å². The molecule has 0 radical (unpaired) electrons. The Hall–Kier alpha value is -2.86. The van der Waals surface area contributed by atoms with E-state index in [9.17, 15) is 44.4 Å². The van der Waals surface area contributed by atoms with Crippen molar-refractivity contribution in [2.75, 3.05) is 13.2 Å². The molecule has 4 rings (SSSR count). The predicted octanol–water partition coefficient (Wildman–Crippen LogP) is -5.67. The van der Waals surface area contributed by atoms with E-state index in [1.54, 1.807) is 24.3 Å². The number of amides is 3. The normalized spacial score (nSPS) is 20.2. The molecule has 1 heterocycles. The summed E-state index contributed by atoms with van der Waals surface area (Å²) in [5.41, 5.74) is 2.23. The van der Waals surface area contributed by atoms with Crippen LogP contribution in [0.5, 0.6) is 0 Å². The van der Waals surface area contributed by atoms with Gasteiger partial charge in [-0.15, -0.1) is 0 Å². The summed E-state index contributed by atoms with van der Waals surface area (Å²) in [4.78, 5) is 62.2. The number of ether oxygens (including phenoxy) is 2. The molecule has 0 aromatic heterocycles. The zero-order valence-corrected chi connectivity index (χ0v) is 35.0. The molecule has 3 aromatic rings. The molecular formula is C37H40ClN3Na2O11. The molecule has 1 aliphatic rings. The molecule has 0 spiro atoms. The third-order valence-corrected chi connectivity index (χ3v) is 8.78. The van der Waals surface area contributed by atoms with Crippen molar-refractivity contribution in [3.63, 3.8) is 0 Å². The van der Waals surface area contributed by atoms with Crippen molar-refractivity contribution in [3.8, 4) is 11.1 Å². The number of aliphatic hydroxyl groups is 2. The number of aliphatic carboxylic acids is 2. The van der Waals surface area contributed by atoms with Crippen LogP contribution in [0.15, 0.2) is 78.9 Å². The van der Waals surface area contributed by atoms with E-state index in [4.69, 9.17) is 21.1 Å². The van der Waals surface area contributed by atoms with Crippen LogP contribution in [0.25, 0.3) is 11.1 Å². The molecule has 1 saturated heterocycles. The molecule has 17 heteroatoms. The zero-order valence-electron chi connectivity index (χ0n) is 30.3. The molecule has 0 aliphatic carbocycles. The summed E-state index contributed by atoms with van der Waals surface area (Å²) >= 11 is 5.96. The van der Waals surface area contributed by atoms with E-state index >= 15 is 0 Å². The fourth-order valence-corrected chi connectivity index (χ4v) is 5.96. The van der Waals surface area contributed by atoms with Gasteiger partial charge in [-0.05, 0) is 66.8 Å². The fraction of sp³-hybridized carbons (Fsp3) is 0.378. The van der Waals surface area contributed by atoms with E-state index in [-0.39, 0.29) is 96.1 Å². The van der Waals surface area contributed by atoms with Gasteiger partial charge in [-0.1, -0.05) is 60.5 Å². The molecule has 0 saturated carbocycles. The van der Waals surface area contributed by atoms with Gasteiger partial charge in [0.25, 0.3) is 11.8 Å². The Bertz CT molecular complexity index is 1700. The summed E-state index contributed by atoms with van der Waals surface area (Å²) in [5, 5.41) is 54.1. The van der Waals surface area contributed by atoms with Crippen LogP contribution in [-0.4, -0.2) is 89.2 Å². The quantitative estimate of drug-likeness (QED) is 0.0641. The van der Waals surface area contributed by atoms with E-state index in [0.717, 1.165) is 18.1 Å². The molecular weight excluding hydrogens is 744 g/mol. The first kappa shape index (κ1) is 47.3. The molecule has 1 fully saturated rings. The topological polar surface area (TPSA) is 226 Å². The Labute approximate surface area is 361 Å². The molecule has 3 amide bonds. The van der Waals surface area contributed by atoms with Crippen LogP contribution in [0.1, 0.15) is 59.7 Å². The summed E-state index contributed by atoms with van der Waals surface area (Å²) in [7, 11) is 0. The smallest absolute Gasteiger partial charge is 0.550 e. The molecule has 14 nitrogen and oxygen atoms in total. The Balaban J connectivity index is 0.00000504. The number of hydrogen-bond donors (Lipinski definition) is 5. The number of hydrogen-bond acceptors (Lipinski definition) is 11. The minimum Gasteiger partial charge on any atom is -0.550 e. The minimum atomic E-state index is -2.60. The van der Waals surface area contributed by atoms with Gasteiger partial charge in [-0.3, -0.25) is 14.4 Å². The zero-order chi connectivity index (χ0) is 37.8. The van der Waals surface area contributed by atoms with Crippen molar-refractivity contribution in [2.24, 2.45) is 0 Å². The molecule has 1 aliphatic heterocycles. The fourth-order valence-electron chi connectivity index (χ4n) is 5.83. The summed E-state index contributed by atoms with van der Waals surface area (Å²) < 4.78 is 11.6. The number of carboxylic acid groups (broad SMARTS) is 2. The largest absolute Gasteiger partial charge is 1.00 e. The third kappa shape index (κ3) is 13.4. The van der Waals surface area contributed by atoms with Gasteiger partial charge in [-0.2, -0.15) is 0 Å². The maximum absolute atomic E-state index is 13.3. The van der Waals surface area contributed by atoms with Gasteiger partial charge in [-0.25, -0.2) is 0 Å². The molecule has 54 heavy (non-hydrogen) atoms. The van der Waals surface area contributed by atoms with E-state index in [2.05, 4.69) is 16.0 Å². The first-order chi connectivity index (χ1) is 24.8. The Morgan fingerprint density at radius 1 is 0.852 bits per heavy atom. The van der Waals surface area contributed by atoms with Crippen LogP contribution in [-0.2, 0) is 23.9 Å². The molecule has 0 unspecified atom stereocenters. The van der Waals surface area contributed by atoms with Gasteiger partial charge in [0, 0.05) is 42.0 Å². The van der Waals surface area contributed by atoms with Crippen molar-refractivity contribution in [1.82, 2.24) is 16.0 Å². The molecule has 278 valence electrons. The number of halogens is 1. The Morgan fingerprint density at radius 3 is 2.04 bits per heavy atom. The van der Waals surface area contributed by atoms with Crippen molar-refractivity contribution >= 4 is 41.3 Å². The summed E-state index contributed by atoms with van der Waals surface area (Å²) in [6.07, 6.45) is -5.50. The van der Waals surface area contributed by atoms with Crippen LogP contribution in [0.2, 0.25) is 5.02 Å². The maximum Gasteiger partial charge on any atom is 1.00 e. The van der Waals surface area contributed by atoms with Crippen LogP contribution in [0, 0.1) is 0 Å².